The van der Waals surface area contributed by atoms with Gasteiger partial charge >= 0.3 is 6.18 Å². The molecule has 150 valence electrons. The maximum atomic E-state index is 12.7. The normalized spacial score (nSPS) is 15.6. The van der Waals surface area contributed by atoms with Gasteiger partial charge in [0, 0.05) is 25.2 Å². The molecule has 1 amide bonds. The molecule has 1 aliphatic rings. The van der Waals surface area contributed by atoms with Crippen LogP contribution in [0.15, 0.2) is 30.5 Å². The Morgan fingerprint density at radius 3 is 2.43 bits per heavy atom. The summed E-state index contributed by atoms with van der Waals surface area (Å²) in [5, 5.41) is 3.44. The summed E-state index contributed by atoms with van der Waals surface area (Å²) in [4.78, 5) is 18.4. The third-order valence-electron chi connectivity index (χ3n) is 4.94. The highest BCUT2D eigenvalue weighted by Crippen LogP contribution is 2.31. The average molecular weight is 412 g/mol. The molecule has 1 aromatic heterocycles. The standard InChI is InChI=1S/C20H21ClF3N3O/c1-12-9-13(2)18(16(21)10-12)26-19(28)14-5-7-27(8-6-14)17-4-3-15(11-25-17)20(22,23)24/h3-4,9-11,14H,5-8H2,1-2H3,(H,26,28). The molecule has 0 bridgehead atoms. The lowest BCUT2D eigenvalue weighted by Gasteiger charge is -2.32. The van der Waals surface area contributed by atoms with Gasteiger partial charge < -0.3 is 10.2 Å². The molecule has 1 aromatic carbocycles. The van der Waals surface area contributed by atoms with Crippen molar-refractivity contribution in [2.24, 2.45) is 5.92 Å². The fourth-order valence-electron chi connectivity index (χ4n) is 3.41. The first kappa shape index (κ1) is 20.5. The van der Waals surface area contributed by atoms with Crippen molar-refractivity contribution in [1.29, 1.82) is 0 Å². The summed E-state index contributed by atoms with van der Waals surface area (Å²) in [6.07, 6.45) is -2.36. The van der Waals surface area contributed by atoms with Crippen molar-refractivity contribution in [2.45, 2.75) is 32.9 Å². The first-order valence-corrected chi connectivity index (χ1v) is 9.39. The highest BCUT2D eigenvalue weighted by molar-refractivity contribution is 6.34. The van der Waals surface area contributed by atoms with E-state index in [4.69, 9.17) is 11.6 Å². The first-order valence-electron chi connectivity index (χ1n) is 9.01. The quantitative estimate of drug-likeness (QED) is 0.752. The van der Waals surface area contributed by atoms with E-state index in [2.05, 4.69) is 10.3 Å². The predicted octanol–water partition coefficient (Wildman–Crippen LogP) is 5.23. The zero-order valence-corrected chi connectivity index (χ0v) is 16.4. The molecule has 0 radical (unpaired) electrons. The third kappa shape index (κ3) is 4.58. The molecule has 1 saturated heterocycles. The zero-order valence-electron chi connectivity index (χ0n) is 15.6. The molecule has 1 fully saturated rings. The van der Waals surface area contributed by atoms with Crippen LogP contribution in [0, 0.1) is 19.8 Å². The van der Waals surface area contributed by atoms with Gasteiger partial charge in [0.1, 0.15) is 5.82 Å². The minimum atomic E-state index is -4.40. The number of hydrogen-bond acceptors (Lipinski definition) is 3. The number of halogens is 4. The van der Waals surface area contributed by atoms with Crippen molar-refractivity contribution < 1.29 is 18.0 Å². The minimum absolute atomic E-state index is 0.0890. The van der Waals surface area contributed by atoms with Crippen LogP contribution in [0.4, 0.5) is 24.7 Å². The van der Waals surface area contributed by atoms with Gasteiger partial charge in [-0.25, -0.2) is 4.98 Å². The lowest BCUT2D eigenvalue weighted by Crippen LogP contribution is -2.38. The summed E-state index contributed by atoms with van der Waals surface area (Å²) in [6, 6.07) is 6.17. The highest BCUT2D eigenvalue weighted by Gasteiger charge is 2.31. The molecule has 1 aliphatic heterocycles. The van der Waals surface area contributed by atoms with Crippen LogP contribution in [0.1, 0.15) is 29.5 Å². The molecule has 2 aromatic rings. The Morgan fingerprint density at radius 1 is 1.21 bits per heavy atom. The Labute approximate surface area is 166 Å². The Hall–Kier alpha value is -2.28. The predicted molar refractivity (Wildman–Crippen MR) is 104 cm³/mol. The number of pyridine rings is 1. The Balaban J connectivity index is 1.60. The van der Waals surface area contributed by atoms with E-state index in [9.17, 15) is 18.0 Å². The molecule has 4 nitrogen and oxygen atoms in total. The number of hydrogen-bond donors (Lipinski definition) is 1. The van der Waals surface area contributed by atoms with Gasteiger partial charge in [0.2, 0.25) is 5.91 Å². The van der Waals surface area contributed by atoms with E-state index < -0.39 is 11.7 Å². The van der Waals surface area contributed by atoms with Gasteiger partial charge in [0.25, 0.3) is 0 Å². The largest absolute Gasteiger partial charge is 0.417 e. The van der Waals surface area contributed by atoms with Crippen molar-refractivity contribution >= 4 is 29.0 Å². The van der Waals surface area contributed by atoms with E-state index in [1.165, 1.54) is 6.07 Å². The van der Waals surface area contributed by atoms with Crippen LogP contribution >= 0.6 is 11.6 Å². The summed E-state index contributed by atoms with van der Waals surface area (Å²) in [7, 11) is 0. The minimum Gasteiger partial charge on any atom is -0.357 e. The molecule has 28 heavy (non-hydrogen) atoms. The lowest BCUT2D eigenvalue weighted by atomic mass is 9.95. The van der Waals surface area contributed by atoms with E-state index in [-0.39, 0.29) is 11.8 Å². The van der Waals surface area contributed by atoms with Crippen molar-refractivity contribution in [1.82, 2.24) is 4.98 Å². The molecule has 0 saturated carbocycles. The number of carbonyl (C=O) groups excluding carboxylic acids is 1. The van der Waals surface area contributed by atoms with Crippen LogP contribution in [-0.4, -0.2) is 24.0 Å². The van der Waals surface area contributed by atoms with Crippen LogP contribution < -0.4 is 10.2 Å². The number of aromatic nitrogens is 1. The van der Waals surface area contributed by atoms with E-state index in [0.29, 0.717) is 42.5 Å². The lowest BCUT2D eigenvalue weighted by molar-refractivity contribution is -0.137. The number of alkyl halides is 3. The maximum absolute atomic E-state index is 12.7. The van der Waals surface area contributed by atoms with Crippen molar-refractivity contribution in [2.75, 3.05) is 23.3 Å². The van der Waals surface area contributed by atoms with Gasteiger partial charge in [-0.2, -0.15) is 13.2 Å². The second-order valence-electron chi connectivity index (χ2n) is 7.09. The SMILES string of the molecule is Cc1cc(C)c(NC(=O)C2CCN(c3ccc(C(F)(F)F)cn3)CC2)c(Cl)c1. The molecule has 1 N–H and O–H groups in total. The van der Waals surface area contributed by atoms with Gasteiger partial charge in [-0.05, 0) is 56.0 Å². The summed E-state index contributed by atoms with van der Waals surface area (Å²) < 4.78 is 38.0. The second-order valence-corrected chi connectivity index (χ2v) is 7.50. The Bertz CT molecular complexity index is 837. The summed E-state index contributed by atoms with van der Waals surface area (Å²) in [6.45, 7) is 4.94. The number of amides is 1. The third-order valence-corrected chi connectivity index (χ3v) is 5.24. The van der Waals surface area contributed by atoms with Crippen LogP contribution in [0.25, 0.3) is 0 Å². The fourth-order valence-corrected chi connectivity index (χ4v) is 3.78. The molecule has 0 spiro atoms. The number of carbonyl (C=O) groups is 1. The summed E-state index contributed by atoms with van der Waals surface area (Å²) in [5.41, 5.74) is 1.79. The average Bonchev–Trinajstić information content (AvgIpc) is 2.64. The molecule has 0 atom stereocenters. The van der Waals surface area contributed by atoms with Crippen molar-refractivity contribution in [3.8, 4) is 0 Å². The highest BCUT2D eigenvalue weighted by atomic mass is 35.5. The monoisotopic (exact) mass is 411 g/mol. The van der Waals surface area contributed by atoms with Crippen molar-refractivity contribution in [3.05, 3.63) is 52.2 Å². The Kier molecular flexibility index (Phi) is 5.84. The van der Waals surface area contributed by atoms with Gasteiger partial charge in [-0.3, -0.25) is 4.79 Å². The van der Waals surface area contributed by atoms with Crippen LogP contribution in [0.5, 0.6) is 0 Å². The molecule has 2 heterocycles. The molecule has 3 rings (SSSR count). The van der Waals surface area contributed by atoms with Gasteiger partial charge in [-0.15, -0.1) is 0 Å². The number of aryl methyl sites for hydroxylation is 2. The van der Waals surface area contributed by atoms with E-state index >= 15 is 0 Å². The summed E-state index contributed by atoms with van der Waals surface area (Å²) in [5.74, 6) is 0.223. The number of nitrogens with zero attached hydrogens (tertiary/aromatic N) is 2. The Morgan fingerprint density at radius 2 is 1.89 bits per heavy atom. The van der Waals surface area contributed by atoms with E-state index in [1.54, 1.807) is 0 Å². The van der Waals surface area contributed by atoms with Gasteiger partial charge in [0.05, 0.1) is 16.3 Å². The topological polar surface area (TPSA) is 45.2 Å². The number of anilines is 2. The second kappa shape index (κ2) is 7.99. The smallest absolute Gasteiger partial charge is 0.357 e. The summed E-state index contributed by atoms with van der Waals surface area (Å²) >= 11 is 6.25. The van der Waals surface area contributed by atoms with Crippen LogP contribution in [0.3, 0.4) is 0 Å². The van der Waals surface area contributed by atoms with E-state index in [1.807, 2.05) is 30.9 Å². The molecular formula is C20H21ClF3N3O. The molecular weight excluding hydrogens is 391 g/mol. The first-order chi connectivity index (χ1) is 13.1. The molecule has 8 heteroatoms. The van der Waals surface area contributed by atoms with E-state index in [0.717, 1.165) is 23.4 Å². The van der Waals surface area contributed by atoms with Gasteiger partial charge in [0.15, 0.2) is 0 Å². The molecule has 0 unspecified atom stereocenters. The number of rotatable bonds is 3. The maximum Gasteiger partial charge on any atom is 0.417 e. The molecule has 0 aliphatic carbocycles. The zero-order chi connectivity index (χ0) is 20.5. The number of nitrogens with one attached hydrogen (secondary N) is 1. The number of piperidine rings is 1. The fraction of sp³-hybridized carbons (Fsp3) is 0.400. The van der Waals surface area contributed by atoms with Crippen molar-refractivity contribution in [3.63, 3.8) is 0 Å². The van der Waals surface area contributed by atoms with Gasteiger partial charge in [-0.1, -0.05) is 17.7 Å². The van der Waals surface area contributed by atoms with Crippen LogP contribution in [0.2, 0.25) is 5.02 Å². The van der Waals surface area contributed by atoms with Crippen LogP contribution in [-0.2, 0) is 11.0 Å². The number of benzene rings is 1.